The molecule has 1 aliphatic rings. The third kappa shape index (κ3) is 3.81. The number of carbonyl (C=O) groups excluding carboxylic acids is 1. The number of likely N-dealkylation sites (tertiary alicyclic amines) is 1. The van der Waals surface area contributed by atoms with E-state index < -0.39 is 0 Å². The summed E-state index contributed by atoms with van der Waals surface area (Å²) in [6.07, 6.45) is 5.31. The van der Waals surface area contributed by atoms with Crippen LogP contribution in [0.1, 0.15) is 24.5 Å². The fraction of sp³-hybridized carbons (Fsp3) is 0.300. The smallest absolute Gasteiger partial charge is 0.323 e. The number of anilines is 1. The third-order valence-electron chi connectivity index (χ3n) is 4.92. The summed E-state index contributed by atoms with van der Waals surface area (Å²) in [5, 5.41) is 7.50. The second-order valence-electron chi connectivity index (χ2n) is 6.75. The molecule has 0 unspecified atom stereocenters. The molecule has 27 heavy (non-hydrogen) atoms. The van der Waals surface area contributed by atoms with E-state index >= 15 is 0 Å². The van der Waals surface area contributed by atoms with Crippen LogP contribution in [-0.4, -0.2) is 43.8 Å². The Morgan fingerprint density at radius 1 is 1.22 bits per heavy atom. The molecule has 1 atom stereocenters. The van der Waals surface area contributed by atoms with E-state index in [-0.39, 0.29) is 11.9 Å². The first-order valence-electron chi connectivity index (χ1n) is 9.12. The molecular weight excluding hydrogens is 340 g/mol. The summed E-state index contributed by atoms with van der Waals surface area (Å²) < 4.78 is 1.70. The third-order valence-corrected chi connectivity index (χ3v) is 4.92. The Morgan fingerprint density at radius 2 is 2.07 bits per heavy atom. The van der Waals surface area contributed by atoms with Crippen LogP contribution in [0, 0.1) is 0 Å². The number of hydrogen-bond donors (Lipinski definition) is 1. The highest BCUT2D eigenvalue weighted by Crippen LogP contribution is 2.26. The quantitative estimate of drug-likeness (QED) is 0.776. The number of benzene rings is 1. The molecule has 138 valence electrons. The van der Waals surface area contributed by atoms with Crippen molar-refractivity contribution in [3.8, 4) is 11.3 Å². The molecule has 0 radical (unpaired) electrons. The molecule has 0 spiro atoms. The molecule has 3 heterocycles. The summed E-state index contributed by atoms with van der Waals surface area (Å²) in [5.74, 6) is 0.932. The van der Waals surface area contributed by atoms with E-state index in [1.807, 2.05) is 54.4 Å². The highest BCUT2D eigenvalue weighted by molar-refractivity contribution is 5.89. The highest BCUT2D eigenvalue weighted by Gasteiger charge is 2.26. The Hall–Kier alpha value is -3.22. The van der Waals surface area contributed by atoms with Gasteiger partial charge in [-0.05, 0) is 18.9 Å². The van der Waals surface area contributed by atoms with Crippen LogP contribution < -0.4 is 5.32 Å². The highest BCUT2D eigenvalue weighted by atomic mass is 16.2. The lowest BCUT2D eigenvalue weighted by Crippen LogP contribution is -2.42. The lowest BCUT2D eigenvalue weighted by molar-refractivity contribution is 0.192. The van der Waals surface area contributed by atoms with Gasteiger partial charge in [-0.15, -0.1) is 0 Å². The van der Waals surface area contributed by atoms with Gasteiger partial charge in [0.2, 0.25) is 0 Å². The van der Waals surface area contributed by atoms with Crippen molar-refractivity contribution in [1.82, 2.24) is 24.6 Å². The van der Waals surface area contributed by atoms with E-state index in [9.17, 15) is 4.79 Å². The SMILES string of the molecule is Cn1nc(-c2ccccc2)cc1NC(=O)N1CCC[C@@H](c2ccncn2)C1. The number of aryl methyl sites for hydroxylation is 1. The van der Waals surface area contributed by atoms with Crippen LogP contribution in [-0.2, 0) is 7.05 Å². The number of nitrogens with one attached hydrogen (secondary N) is 1. The molecule has 1 aliphatic heterocycles. The minimum Gasteiger partial charge on any atom is -0.324 e. The number of carbonyl (C=O) groups is 1. The van der Waals surface area contributed by atoms with Crippen molar-refractivity contribution in [2.75, 3.05) is 18.4 Å². The van der Waals surface area contributed by atoms with Crippen LogP contribution in [0.4, 0.5) is 10.6 Å². The summed E-state index contributed by atoms with van der Waals surface area (Å²) in [5.41, 5.74) is 2.86. The first kappa shape index (κ1) is 17.2. The van der Waals surface area contributed by atoms with Gasteiger partial charge in [-0.3, -0.25) is 10.00 Å². The molecule has 1 aromatic carbocycles. The van der Waals surface area contributed by atoms with Crippen molar-refractivity contribution in [3.05, 3.63) is 60.7 Å². The zero-order chi connectivity index (χ0) is 18.6. The number of aromatic nitrogens is 4. The normalized spacial score (nSPS) is 16.9. The van der Waals surface area contributed by atoms with Crippen LogP contribution in [0.15, 0.2) is 55.0 Å². The molecule has 3 aromatic rings. The van der Waals surface area contributed by atoms with Crippen molar-refractivity contribution in [2.24, 2.45) is 7.05 Å². The molecule has 0 bridgehead atoms. The largest absolute Gasteiger partial charge is 0.324 e. The van der Waals surface area contributed by atoms with Crippen molar-refractivity contribution in [3.63, 3.8) is 0 Å². The van der Waals surface area contributed by atoms with Gasteiger partial charge in [-0.1, -0.05) is 30.3 Å². The van der Waals surface area contributed by atoms with Gasteiger partial charge < -0.3 is 4.90 Å². The van der Waals surface area contributed by atoms with Crippen molar-refractivity contribution in [2.45, 2.75) is 18.8 Å². The van der Waals surface area contributed by atoms with Gasteiger partial charge in [0.1, 0.15) is 12.1 Å². The number of hydrogen-bond acceptors (Lipinski definition) is 4. The summed E-state index contributed by atoms with van der Waals surface area (Å²) in [6.45, 7) is 1.41. The minimum atomic E-state index is -0.101. The molecule has 2 amide bonds. The maximum Gasteiger partial charge on any atom is 0.323 e. The fourth-order valence-corrected chi connectivity index (χ4v) is 3.47. The molecule has 2 aromatic heterocycles. The molecule has 7 nitrogen and oxygen atoms in total. The van der Waals surface area contributed by atoms with Crippen LogP contribution in [0.2, 0.25) is 0 Å². The fourth-order valence-electron chi connectivity index (χ4n) is 3.47. The monoisotopic (exact) mass is 362 g/mol. The van der Waals surface area contributed by atoms with Gasteiger partial charge in [0.15, 0.2) is 0 Å². The van der Waals surface area contributed by atoms with E-state index in [1.165, 1.54) is 0 Å². The van der Waals surface area contributed by atoms with Crippen LogP contribution in [0.5, 0.6) is 0 Å². The lowest BCUT2D eigenvalue weighted by Gasteiger charge is -2.32. The first-order chi connectivity index (χ1) is 13.2. The van der Waals surface area contributed by atoms with Gasteiger partial charge in [0.25, 0.3) is 0 Å². The van der Waals surface area contributed by atoms with Gasteiger partial charge >= 0.3 is 6.03 Å². The molecular formula is C20H22N6O. The molecule has 4 rings (SSSR count). The summed E-state index contributed by atoms with van der Waals surface area (Å²) >= 11 is 0. The summed E-state index contributed by atoms with van der Waals surface area (Å²) in [4.78, 5) is 23.0. The second kappa shape index (κ2) is 7.57. The number of piperidine rings is 1. The van der Waals surface area contributed by atoms with E-state index in [0.717, 1.165) is 36.3 Å². The summed E-state index contributed by atoms with van der Waals surface area (Å²) in [6, 6.07) is 13.7. The van der Waals surface area contributed by atoms with Gasteiger partial charge in [-0.2, -0.15) is 5.10 Å². The maximum atomic E-state index is 12.8. The minimum absolute atomic E-state index is 0.101. The predicted octanol–water partition coefficient (Wildman–Crippen LogP) is 3.29. The standard InChI is InChI=1S/C20H22N6O/c1-25-19(12-18(24-25)15-6-3-2-4-7-15)23-20(27)26-11-5-8-16(13-26)17-9-10-21-14-22-17/h2-4,6-7,9-10,12,14,16H,5,8,11,13H2,1H3,(H,23,27)/t16-/m1/s1. The second-order valence-corrected chi connectivity index (χ2v) is 6.75. The molecule has 0 aliphatic carbocycles. The van der Waals surface area contributed by atoms with E-state index in [4.69, 9.17) is 0 Å². The molecule has 1 saturated heterocycles. The Morgan fingerprint density at radius 3 is 2.85 bits per heavy atom. The van der Waals surface area contributed by atoms with Crippen LogP contribution >= 0.6 is 0 Å². The van der Waals surface area contributed by atoms with Crippen molar-refractivity contribution >= 4 is 11.8 Å². The number of urea groups is 1. The van der Waals surface area contributed by atoms with E-state index in [0.29, 0.717) is 12.4 Å². The first-order valence-corrected chi connectivity index (χ1v) is 9.12. The van der Waals surface area contributed by atoms with E-state index in [2.05, 4.69) is 20.4 Å². The zero-order valence-corrected chi connectivity index (χ0v) is 15.2. The van der Waals surface area contributed by atoms with Crippen molar-refractivity contribution < 1.29 is 4.79 Å². The average Bonchev–Trinajstić information content (AvgIpc) is 3.10. The van der Waals surface area contributed by atoms with Crippen LogP contribution in [0.3, 0.4) is 0 Å². The molecule has 0 saturated carbocycles. The maximum absolute atomic E-state index is 12.8. The van der Waals surface area contributed by atoms with Gasteiger partial charge in [0.05, 0.1) is 5.69 Å². The van der Waals surface area contributed by atoms with Gasteiger partial charge in [0, 0.05) is 49.6 Å². The Kier molecular flexibility index (Phi) is 4.82. The Bertz CT molecular complexity index is 909. The summed E-state index contributed by atoms with van der Waals surface area (Å²) in [7, 11) is 1.84. The Balaban J connectivity index is 1.45. The van der Waals surface area contributed by atoms with Gasteiger partial charge in [-0.25, -0.2) is 14.8 Å². The van der Waals surface area contributed by atoms with Crippen LogP contribution in [0.25, 0.3) is 11.3 Å². The molecule has 7 heteroatoms. The topological polar surface area (TPSA) is 75.9 Å². The Labute approximate surface area is 158 Å². The van der Waals surface area contributed by atoms with Crippen molar-refractivity contribution in [1.29, 1.82) is 0 Å². The number of nitrogens with zero attached hydrogens (tertiary/aromatic N) is 5. The number of amides is 2. The predicted molar refractivity (Wildman–Crippen MR) is 103 cm³/mol. The number of rotatable bonds is 3. The zero-order valence-electron chi connectivity index (χ0n) is 15.2. The lowest BCUT2D eigenvalue weighted by atomic mass is 9.95. The average molecular weight is 362 g/mol. The molecule has 1 fully saturated rings. The molecule has 1 N–H and O–H groups in total. The van der Waals surface area contributed by atoms with E-state index in [1.54, 1.807) is 17.2 Å².